The van der Waals surface area contributed by atoms with Crippen molar-refractivity contribution >= 4 is 17.6 Å². The molecular formula is C9H9ClFNO3. The average molecular weight is 234 g/mol. The zero-order valence-corrected chi connectivity index (χ0v) is 8.33. The van der Waals surface area contributed by atoms with E-state index < -0.39 is 17.7 Å². The van der Waals surface area contributed by atoms with E-state index in [2.05, 4.69) is 0 Å². The predicted octanol–water partition coefficient (Wildman–Crippen LogP) is 1.31. The van der Waals surface area contributed by atoms with Crippen LogP contribution in [-0.2, 0) is 4.79 Å². The van der Waals surface area contributed by atoms with Gasteiger partial charge in [-0.3, -0.25) is 4.79 Å². The monoisotopic (exact) mass is 233 g/mol. The molecule has 1 aromatic carbocycles. The van der Waals surface area contributed by atoms with Crippen molar-refractivity contribution in [2.45, 2.75) is 5.92 Å². The van der Waals surface area contributed by atoms with Crippen molar-refractivity contribution in [3.8, 4) is 5.75 Å². The number of aliphatic carboxylic acids is 1. The Morgan fingerprint density at radius 3 is 2.67 bits per heavy atom. The molecule has 0 bridgehead atoms. The van der Waals surface area contributed by atoms with Gasteiger partial charge in [0.25, 0.3) is 0 Å². The molecule has 6 heteroatoms. The minimum atomic E-state index is -1.29. The maximum Gasteiger partial charge on any atom is 0.312 e. The summed E-state index contributed by atoms with van der Waals surface area (Å²) in [6, 6.07) is 2.00. The molecule has 4 nitrogen and oxygen atoms in total. The lowest BCUT2D eigenvalue weighted by atomic mass is 9.98. The van der Waals surface area contributed by atoms with Crippen molar-refractivity contribution in [3.63, 3.8) is 0 Å². The van der Waals surface area contributed by atoms with Crippen LogP contribution in [0.3, 0.4) is 0 Å². The van der Waals surface area contributed by atoms with Crippen LogP contribution in [0.4, 0.5) is 4.39 Å². The van der Waals surface area contributed by atoms with Crippen molar-refractivity contribution in [1.82, 2.24) is 0 Å². The molecule has 1 atom stereocenters. The minimum absolute atomic E-state index is 0.285. The van der Waals surface area contributed by atoms with Crippen molar-refractivity contribution in [3.05, 3.63) is 28.5 Å². The van der Waals surface area contributed by atoms with Crippen LogP contribution in [0.25, 0.3) is 0 Å². The van der Waals surface area contributed by atoms with Crippen LogP contribution in [0, 0.1) is 5.82 Å². The molecule has 82 valence electrons. The highest BCUT2D eigenvalue weighted by Gasteiger charge is 2.25. The molecule has 0 aliphatic heterocycles. The van der Waals surface area contributed by atoms with Crippen LogP contribution in [0.15, 0.2) is 12.1 Å². The maximum atomic E-state index is 13.3. The topological polar surface area (TPSA) is 83.6 Å². The number of carbonyl (C=O) groups is 1. The Labute approximate surface area is 90.1 Å². The predicted molar refractivity (Wildman–Crippen MR) is 52.5 cm³/mol. The summed E-state index contributed by atoms with van der Waals surface area (Å²) in [6.07, 6.45) is 0. The lowest BCUT2D eigenvalue weighted by Crippen LogP contribution is -2.22. The molecule has 1 rings (SSSR count). The summed E-state index contributed by atoms with van der Waals surface area (Å²) < 4.78 is 13.3. The van der Waals surface area contributed by atoms with E-state index in [1.807, 2.05) is 0 Å². The molecule has 0 fully saturated rings. The third kappa shape index (κ3) is 2.19. The fraction of sp³-hybridized carbons (Fsp3) is 0.222. The quantitative estimate of drug-likeness (QED) is 0.735. The van der Waals surface area contributed by atoms with Gasteiger partial charge in [0, 0.05) is 12.1 Å². The third-order valence-corrected chi connectivity index (χ3v) is 2.39. The summed E-state index contributed by atoms with van der Waals surface area (Å²) >= 11 is 5.61. The number of nitrogens with two attached hydrogens (primary N) is 1. The van der Waals surface area contributed by atoms with Crippen LogP contribution in [0.5, 0.6) is 5.75 Å². The number of hydrogen-bond acceptors (Lipinski definition) is 3. The van der Waals surface area contributed by atoms with Gasteiger partial charge < -0.3 is 15.9 Å². The average Bonchev–Trinajstić information content (AvgIpc) is 2.18. The molecule has 1 unspecified atom stereocenters. The van der Waals surface area contributed by atoms with Crippen LogP contribution >= 0.6 is 11.6 Å². The largest absolute Gasteiger partial charge is 0.506 e. The van der Waals surface area contributed by atoms with Gasteiger partial charge in [-0.15, -0.1) is 0 Å². The van der Waals surface area contributed by atoms with Gasteiger partial charge in [0.15, 0.2) is 0 Å². The van der Waals surface area contributed by atoms with E-state index in [4.69, 9.17) is 22.4 Å². The van der Waals surface area contributed by atoms with E-state index in [9.17, 15) is 14.3 Å². The third-order valence-electron chi connectivity index (χ3n) is 1.99. The number of halogens is 2. The zero-order chi connectivity index (χ0) is 11.6. The van der Waals surface area contributed by atoms with Gasteiger partial charge in [0.1, 0.15) is 11.6 Å². The SMILES string of the molecule is NCC(C(=O)O)c1c(F)ccc(O)c1Cl. The highest BCUT2D eigenvalue weighted by Crippen LogP contribution is 2.33. The van der Waals surface area contributed by atoms with Gasteiger partial charge in [-0.2, -0.15) is 0 Å². The van der Waals surface area contributed by atoms with E-state index >= 15 is 0 Å². The van der Waals surface area contributed by atoms with Crippen molar-refractivity contribution in [2.75, 3.05) is 6.54 Å². The first kappa shape index (κ1) is 11.7. The highest BCUT2D eigenvalue weighted by atomic mass is 35.5. The van der Waals surface area contributed by atoms with Crippen LogP contribution in [0.1, 0.15) is 11.5 Å². The smallest absolute Gasteiger partial charge is 0.312 e. The van der Waals surface area contributed by atoms with Crippen LogP contribution in [0.2, 0.25) is 5.02 Å². The Morgan fingerprint density at radius 2 is 2.20 bits per heavy atom. The normalized spacial score (nSPS) is 12.5. The van der Waals surface area contributed by atoms with E-state index in [0.29, 0.717) is 0 Å². The molecule has 4 N–H and O–H groups in total. The van der Waals surface area contributed by atoms with E-state index in [1.54, 1.807) is 0 Å². The number of benzene rings is 1. The molecule has 0 heterocycles. The molecule has 15 heavy (non-hydrogen) atoms. The number of aromatic hydroxyl groups is 1. The molecule has 0 amide bonds. The second-order valence-electron chi connectivity index (χ2n) is 2.92. The molecule has 0 aliphatic carbocycles. The number of rotatable bonds is 3. The molecule has 0 spiro atoms. The lowest BCUT2D eigenvalue weighted by molar-refractivity contribution is -0.138. The Bertz CT molecular complexity index is 397. The lowest BCUT2D eigenvalue weighted by Gasteiger charge is -2.13. The summed E-state index contributed by atoms with van der Waals surface area (Å²) in [4.78, 5) is 10.8. The molecule has 0 saturated carbocycles. The number of phenolic OH excluding ortho intramolecular Hbond substituents is 1. The van der Waals surface area contributed by atoms with Gasteiger partial charge in [0.2, 0.25) is 0 Å². The van der Waals surface area contributed by atoms with Gasteiger partial charge in [-0.1, -0.05) is 11.6 Å². The van der Waals surface area contributed by atoms with Crippen molar-refractivity contribution in [2.24, 2.45) is 5.73 Å². The zero-order valence-electron chi connectivity index (χ0n) is 7.58. The summed E-state index contributed by atoms with van der Waals surface area (Å²) in [5.74, 6) is -3.71. The number of carboxylic acid groups (broad SMARTS) is 1. The Hall–Kier alpha value is -1.33. The van der Waals surface area contributed by atoms with Crippen LogP contribution in [-0.4, -0.2) is 22.7 Å². The first-order valence-corrected chi connectivity index (χ1v) is 4.46. The summed E-state index contributed by atoms with van der Waals surface area (Å²) in [7, 11) is 0. The molecule has 0 aromatic heterocycles. The van der Waals surface area contributed by atoms with Crippen molar-refractivity contribution in [1.29, 1.82) is 0 Å². The molecule has 0 aliphatic rings. The van der Waals surface area contributed by atoms with Gasteiger partial charge in [-0.25, -0.2) is 4.39 Å². The van der Waals surface area contributed by atoms with Gasteiger partial charge in [-0.05, 0) is 12.1 Å². The van der Waals surface area contributed by atoms with E-state index in [-0.39, 0.29) is 22.9 Å². The minimum Gasteiger partial charge on any atom is -0.506 e. The molecule has 0 radical (unpaired) electrons. The molecule has 0 saturated heterocycles. The first-order chi connectivity index (χ1) is 6.99. The highest BCUT2D eigenvalue weighted by molar-refractivity contribution is 6.33. The Balaban J connectivity index is 3.34. The van der Waals surface area contributed by atoms with E-state index in [0.717, 1.165) is 12.1 Å². The second-order valence-corrected chi connectivity index (χ2v) is 3.30. The fourth-order valence-electron chi connectivity index (χ4n) is 1.22. The van der Waals surface area contributed by atoms with Gasteiger partial charge >= 0.3 is 5.97 Å². The van der Waals surface area contributed by atoms with Crippen LogP contribution < -0.4 is 5.73 Å². The standard InChI is InChI=1S/C9H9ClFNO3/c10-8-6(13)2-1-5(11)7(8)4(3-12)9(14)15/h1-2,4,13H,3,12H2,(H,14,15). The first-order valence-electron chi connectivity index (χ1n) is 4.08. The summed E-state index contributed by atoms with van der Waals surface area (Å²) in [5, 5.41) is 17.7. The van der Waals surface area contributed by atoms with Crippen molar-refractivity contribution < 1.29 is 19.4 Å². The maximum absolute atomic E-state index is 13.3. The van der Waals surface area contributed by atoms with Gasteiger partial charge in [0.05, 0.1) is 10.9 Å². The summed E-state index contributed by atoms with van der Waals surface area (Å²) in [6.45, 7) is -0.296. The number of phenols is 1. The van der Waals surface area contributed by atoms with E-state index in [1.165, 1.54) is 0 Å². The molecular weight excluding hydrogens is 225 g/mol. The number of hydrogen-bond donors (Lipinski definition) is 3. The fourth-order valence-corrected chi connectivity index (χ4v) is 1.50. The Morgan fingerprint density at radius 1 is 1.60 bits per heavy atom. The number of carboxylic acids is 1. The molecule has 1 aromatic rings. The second kappa shape index (κ2) is 4.46. The Kier molecular flexibility index (Phi) is 3.49. The summed E-state index contributed by atoms with van der Waals surface area (Å²) in [5.41, 5.74) is 4.92.